The Balaban J connectivity index is 1.73. The third-order valence-electron chi connectivity index (χ3n) is 4.38. The number of ether oxygens (including phenoxy) is 1. The van der Waals surface area contributed by atoms with Gasteiger partial charge in [-0.2, -0.15) is 0 Å². The number of halogens is 1. The molecule has 1 amide bonds. The minimum Gasteiger partial charge on any atom is -0.484 e. The monoisotopic (exact) mass is 393 g/mol. The summed E-state index contributed by atoms with van der Waals surface area (Å²) in [4.78, 5) is 25.2. The van der Waals surface area contributed by atoms with E-state index in [1.807, 2.05) is 38.1 Å². The van der Waals surface area contributed by atoms with E-state index in [4.69, 9.17) is 16.3 Å². The Labute approximate surface area is 169 Å². The van der Waals surface area contributed by atoms with Gasteiger partial charge in [-0.05, 0) is 55.3 Å². The average molecular weight is 394 g/mol. The molecule has 0 atom stereocenters. The van der Waals surface area contributed by atoms with Crippen LogP contribution < -0.4 is 10.1 Å². The van der Waals surface area contributed by atoms with Crippen LogP contribution in [0.5, 0.6) is 5.75 Å². The number of carbonyl (C=O) groups excluding carboxylic acids is 2. The highest BCUT2D eigenvalue weighted by Gasteiger charge is 2.16. The molecule has 0 unspecified atom stereocenters. The second kappa shape index (κ2) is 8.72. The number of aryl methyl sites for hydroxylation is 2. The van der Waals surface area contributed by atoms with E-state index >= 15 is 0 Å². The molecule has 0 heterocycles. The van der Waals surface area contributed by atoms with Crippen LogP contribution in [0.15, 0.2) is 66.7 Å². The van der Waals surface area contributed by atoms with Crippen LogP contribution in [0, 0.1) is 13.8 Å². The standard InChI is InChI=1S/C23H20ClNO3/c1-15-8-10-19(12-16(15)2)28-14-22(26)25-21-11-9-18(24)13-20(21)23(27)17-6-4-3-5-7-17/h3-13H,14H2,1-2H3,(H,25,26). The molecule has 0 bridgehead atoms. The van der Waals surface area contributed by atoms with Crippen molar-refractivity contribution in [2.75, 3.05) is 11.9 Å². The van der Waals surface area contributed by atoms with Gasteiger partial charge in [0, 0.05) is 16.1 Å². The molecule has 0 aliphatic carbocycles. The average Bonchev–Trinajstić information content (AvgIpc) is 2.70. The molecule has 0 aliphatic rings. The number of ketones is 1. The zero-order valence-electron chi connectivity index (χ0n) is 15.7. The molecule has 0 aromatic heterocycles. The van der Waals surface area contributed by atoms with E-state index < -0.39 is 0 Å². The lowest BCUT2D eigenvalue weighted by Gasteiger charge is -2.12. The van der Waals surface area contributed by atoms with E-state index in [-0.39, 0.29) is 18.3 Å². The van der Waals surface area contributed by atoms with Crippen LogP contribution >= 0.6 is 11.6 Å². The van der Waals surface area contributed by atoms with Crippen LogP contribution in [0.1, 0.15) is 27.0 Å². The molecule has 142 valence electrons. The third-order valence-corrected chi connectivity index (χ3v) is 4.62. The second-order valence-corrected chi connectivity index (χ2v) is 6.90. The topological polar surface area (TPSA) is 55.4 Å². The minimum atomic E-state index is -0.359. The Hall–Kier alpha value is -3.11. The fourth-order valence-electron chi connectivity index (χ4n) is 2.70. The van der Waals surface area contributed by atoms with Crippen molar-refractivity contribution in [1.82, 2.24) is 0 Å². The maximum atomic E-state index is 12.8. The quantitative estimate of drug-likeness (QED) is 0.585. The predicted octanol–water partition coefficient (Wildman–Crippen LogP) is 5.21. The van der Waals surface area contributed by atoms with E-state index in [9.17, 15) is 9.59 Å². The fraction of sp³-hybridized carbons (Fsp3) is 0.130. The van der Waals surface area contributed by atoms with Crippen molar-refractivity contribution in [3.63, 3.8) is 0 Å². The number of benzene rings is 3. The van der Waals surface area contributed by atoms with E-state index in [1.54, 1.807) is 42.5 Å². The highest BCUT2D eigenvalue weighted by Crippen LogP contribution is 2.24. The van der Waals surface area contributed by atoms with Gasteiger partial charge in [0.15, 0.2) is 12.4 Å². The molecule has 0 radical (unpaired) electrons. The van der Waals surface area contributed by atoms with Crippen molar-refractivity contribution in [3.8, 4) is 5.75 Å². The van der Waals surface area contributed by atoms with Crippen LogP contribution in [0.25, 0.3) is 0 Å². The first-order valence-corrected chi connectivity index (χ1v) is 9.21. The number of hydrogen-bond acceptors (Lipinski definition) is 3. The minimum absolute atomic E-state index is 0.163. The molecular weight excluding hydrogens is 374 g/mol. The van der Waals surface area contributed by atoms with Gasteiger partial charge in [-0.1, -0.05) is 48.0 Å². The largest absolute Gasteiger partial charge is 0.484 e. The molecule has 3 aromatic carbocycles. The van der Waals surface area contributed by atoms with E-state index in [2.05, 4.69) is 5.32 Å². The zero-order chi connectivity index (χ0) is 20.1. The lowest BCUT2D eigenvalue weighted by atomic mass is 10.0. The zero-order valence-corrected chi connectivity index (χ0v) is 16.4. The number of rotatable bonds is 6. The molecule has 0 saturated carbocycles. The lowest BCUT2D eigenvalue weighted by Crippen LogP contribution is -2.21. The van der Waals surface area contributed by atoms with Crippen LogP contribution in [-0.4, -0.2) is 18.3 Å². The molecule has 0 spiro atoms. The van der Waals surface area contributed by atoms with Gasteiger partial charge in [-0.25, -0.2) is 0 Å². The number of hydrogen-bond donors (Lipinski definition) is 1. The third kappa shape index (κ3) is 4.78. The predicted molar refractivity (Wildman–Crippen MR) is 111 cm³/mol. The van der Waals surface area contributed by atoms with Gasteiger partial charge in [-0.15, -0.1) is 0 Å². The first-order valence-electron chi connectivity index (χ1n) is 8.83. The van der Waals surface area contributed by atoms with Gasteiger partial charge in [0.2, 0.25) is 0 Å². The van der Waals surface area contributed by atoms with Crippen molar-refractivity contribution in [1.29, 1.82) is 0 Å². The van der Waals surface area contributed by atoms with Crippen LogP contribution in [0.2, 0.25) is 5.02 Å². The normalized spacial score (nSPS) is 10.4. The van der Waals surface area contributed by atoms with Gasteiger partial charge >= 0.3 is 0 Å². The van der Waals surface area contributed by atoms with Crippen molar-refractivity contribution >= 4 is 29.0 Å². The molecular formula is C23H20ClNO3. The molecule has 3 aromatic rings. The Morgan fingerprint density at radius 2 is 1.68 bits per heavy atom. The Kier molecular flexibility index (Phi) is 6.12. The molecule has 5 heteroatoms. The number of carbonyl (C=O) groups is 2. The molecule has 4 nitrogen and oxygen atoms in total. The summed E-state index contributed by atoms with van der Waals surface area (Å²) >= 11 is 6.06. The second-order valence-electron chi connectivity index (χ2n) is 6.47. The summed E-state index contributed by atoms with van der Waals surface area (Å²) < 4.78 is 5.56. The van der Waals surface area contributed by atoms with Crippen molar-refractivity contribution in [2.24, 2.45) is 0 Å². The summed E-state index contributed by atoms with van der Waals surface area (Å²) in [6, 6.07) is 19.3. The van der Waals surface area contributed by atoms with E-state index in [0.717, 1.165) is 11.1 Å². The summed E-state index contributed by atoms with van der Waals surface area (Å²) in [5.74, 6) is 0.0473. The highest BCUT2D eigenvalue weighted by molar-refractivity contribution is 6.31. The first kappa shape index (κ1) is 19.6. The highest BCUT2D eigenvalue weighted by atomic mass is 35.5. The van der Waals surface area contributed by atoms with E-state index in [1.165, 1.54) is 0 Å². The van der Waals surface area contributed by atoms with Crippen LogP contribution in [0.3, 0.4) is 0 Å². The van der Waals surface area contributed by atoms with Crippen LogP contribution in [-0.2, 0) is 4.79 Å². The summed E-state index contributed by atoms with van der Waals surface area (Å²) in [6.45, 7) is 3.83. The number of nitrogens with one attached hydrogen (secondary N) is 1. The van der Waals surface area contributed by atoms with Gasteiger partial charge < -0.3 is 10.1 Å². The Morgan fingerprint density at radius 1 is 0.929 bits per heavy atom. The molecule has 1 N–H and O–H groups in total. The molecule has 3 rings (SSSR count). The molecule has 0 aliphatic heterocycles. The maximum absolute atomic E-state index is 12.8. The number of amides is 1. The van der Waals surface area contributed by atoms with Crippen molar-refractivity contribution in [3.05, 3.63) is 94.0 Å². The summed E-state index contributed by atoms with van der Waals surface area (Å²) in [6.07, 6.45) is 0. The SMILES string of the molecule is Cc1ccc(OCC(=O)Nc2ccc(Cl)cc2C(=O)c2ccccc2)cc1C. The molecule has 28 heavy (non-hydrogen) atoms. The molecule has 0 fully saturated rings. The van der Waals surface area contributed by atoms with Gasteiger partial charge in [-0.3, -0.25) is 9.59 Å². The molecule has 0 saturated heterocycles. The van der Waals surface area contributed by atoms with Crippen molar-refractivity contribution < 1.29 is 14.3 Å². The number of anilines is 1. The smallest absolute Gasteiger partial charge is 0.262 e. The van der Waals surface area contributed by atoms with Gasteiger partial charge in [0.05, 0.1) is 5.69 Å². The van der Waals surface area contributed by atoms with Gasteiger partial charge in [0.1, 0.15) is 5.75 Å². The van der Waals surface area contributed by atoms with Gasteiger partial charge in [0.25, 0.3) is 5.91 Å². The van der Waals surface area contributed by atoms with E-state index in [0.29, 0.717) is 27.6 Å². The first-order chi connectivity index (χ1) is 13.4. The van der Waals surface area contributed by atoms with Crippen molar-refractivity contribution in [2.45, 2.75) is 13.8 Å². The maximum Gasteiger partial charge on any atom is 0.262 e. The van der Waals surface area contributed by atoms with Crippen LogP contribution in [0.4, 0.5) is 5.69 Å². The summed E-state index contributed by atoms with van der Waals surface area (Å²) in [7, 11) is 0. The summed E-state index contributed by atoms with van der Waals surface area (Å²) in [5.41, 5.74) is 3.49. The summed E-state index contributed by atoms with van der Waals surface area (Å²) in [5, 5.41) is 3.16. The fourth-order valence-corrected chi connectivity index (χ4v) is 2.87. The Bertz CT molecular complexity index is 1020. The Morgan fingerprint density at radius 3 is 2.39 bits per heavy atom. The lowest BCUT2D eigenvalue weighted by molar-refractivity contribution is -0.118.